The quantitative estimate of drug-likeness (QED) is 0.626. The van der Waals surface area contributed by atoms with Crippen LogP contribution in [0.3, 0.4) is 0 Å². The number of ketones is 1. The first-order chi connectivity index (χ1) is 16.6. The number of fused-ring (bicyclic) bond motifs is 6. The van der Waals surface area contributed by atoms with E-state index in [1.807, 2.05) is 25.0 Å². The summed E-state index contributed by atoms with van der Waals surface area (Å²) in [5, 5.41) is 36.7. The fraction of sp³-hybridized carbons (Fsp3) is 0.692. The zero-order chi connectivity index (χ0) is 24.8. The average Bonchev–Trinajstić information content (AvgIpc) is 3.46. The molecule has 0 aliphatic heterocycles. The van der Waals surface area contributed by atoms with Crippen molar-refractivity contribution in [1.29, 1.82) is 0 Å². The molecule has 35 heavy (non-hydrogen) atoms. The van der Waals surface area contributed by atoms with Crippen molar-refractivity contribution in [2.45, 2.75) is 69.2 Å². The van der Waals surface area contributed by atoms with Crippen molar-refractivity contribution in [3.05, 3.63) is 29.4 Å². The number of rotatable bonds is 4. The van der Waals surface area contributed by atoms with Crippen LogP contribution < -0.4 is 0 Å². The Morgan fingerprint density at radius 2 is 2.09 bits per heavy atom. The molecule has 0 aromatic carbocycles. The minimum Gasteiger partial charge on any atom is -0.393 e. The van der Waals surface area contributed by atoms with Crippen LogP contribution in [0, 0.1) is 28.6 Å². The van der Waals surface area contributed by atoms with Crippen LogP contribution in [-0.4, -0.2) is 58.0 Å². The fourth-order valence-electron chi connectivity index (χ4n) is 8.43. The minimum atomic E-state index is -1.42. The lowest BCUT2D eigenvalue weighted by Crippen LogP contribution is -2.62. The molecule has 0 amide bonds. The van der Waals surface area contributed by atoms with Crippen LogP contribution in [0.2, 0.25) is 0 Å². The van der Waals surface area contributed by atoms with Crippen LogP contribution in [0.1, 0.15) is 57.2 Å². The molecule has 188 valence electrons. The summed E-state index contributed by atoms with van der Waals surface area (Å²) in [5.74, 6) is 0.640. The van der Waals surface area contributed by atoms with Gasteiger partial charge in [-0.05, 0) is 73.3 Å². The molecule has 9 heteroatoms. The number of Topliss-reactive ketones (excluding diaryl/α,β-unsaturated/α-hetero) is 1. The van der Waals surface area contributed by atoms with Gasteiger partial charge in [-0.2, -0.15) is 5.10 Å². The SMILES string of the molecule is Cn1cnnc1SCC(=O)[C@@]1(O)CCC2C3CCC4=Cc5c(cnn5C)CC4(C)C3C(O)CC21C. The van der Waals surface area contributed by atoms with Gasteiger partial charge in [-0.1, -0.05) is 31.2 Å². The molecule has 8 nitrogen and oxygen atoms in total. The second kappa shape index (κ2) is 7.76. The van der Waals surface area contributed by atoms with Crippen LogP contribution in [0.4, 0.5) is 0 Å². The summed E-state index contributed by atoms with van der Waals surface area (Å²) >= 11 is 1.32. The lowest BCUT2D eigenvalue weighted by atomic mass is 9.45. The first-order valence-electron chi connectivity index (χ1n) is 12.7. The van der Waals surface area contributed by atoms with Crippen molar-refractivity contribution in [2.75, 3.05) is 5.75 Å². The van der Waals surface area contributed by atoms with E-state index >= 15 is 0 Å². The number of hydrogen-bond donors (Lipinski definition) is 2. The van der Waals surface area contributed by atoms with Crippen LogP contribution in [0.15, 0.2) is 23.3 Å². The van der Waals surface area contributed by atoms with Crippen molar-refractivity contribution >= 4 is 23.6 Å². The lowest BCUT2D eigenvalue weighted by Gasteiger charge is -2.60. The Kier molecular flexibility index (Phi) is 5.20. The predicted molar refractivity (Wildman–Crippen MR) is 132 cm³/mol. The Labute approximate surface area is 210 Å². The molecule has 0 radical (unpaired) electrons. The number of aromatic nitrogens is 5. The number of thioether (sulfide) groups is 1. The summed E-state index contributed by atoms with van der Waals surface area (Å²) in [6, 6.07) is 0. The molecule has 0 saturated heterocycles. The Balaban J connectivity index is 1.28. The highest BCUT2D eigenvalue weighted by Gasteiger charge is 2.68. The molecule has 4 aliphatic carbocycles. The minimum absolute atomic E-state index is 0.120. The monoisotopic (exact) mass is 497 g/mol. The van der Waals surface area contributed by atoms with Gasteiger partial charge in [0, 0.05) is 19.5 Å². The highest BCUT2D eigenvalue weighted by Crippen LogP contribution is 2.67. The molecule has 7 atom stereocenters. The number of aliphatic hydroxyl groups is 2. The van der Waals surface area contributed by atoms with Gasteiger partial charge in [0.15, 0.2) is 10.9 Å². The molecular formula is C26H35N5O3S. The Morgan fingerprint density at radius 1 is 1.29 bits per heavy atom. The highest BCUT2D eigenvalue weighted by molar-refractivity contribution is 7.99. The van der Waals surface area contributed by atoms with E-state index in [-0.39, 0.29) is 34.7 Å². The van der Waals surface area contributed by atoms with Crippen LogP contribution in [0.25, 0.3) is 6.08 Å². The van der Waals surface area contributed by atoms with Gasteiger partial charge < -0.3 is 14.8 Å². The number of carbonyl (C=O) groups is 1. The van der Waals surface area contributed by atoms with E-state index in [2.05, 4.69) is 35.2 Å². The first kappa shape index (κ1) is 23.4. The van der Waals surface area contributed by atoms with Gasteiger partial charge >= 0.3 is 0 Å². The summed E-state index contributed by atoms with van der Waals surface area (Å²) in [6.07, 6.45) is 9.96. The maximum absolute atomic E-state index is 13.5. The molecule has 0 spiro atoms. The molecule has 6 unspecified atom stereocenters. The molecule has 3 fully saturated rings. The van der Waals surface area contributed by atoms with E-state index in [0.717, 1.165) is 25.7 Å². The Morgan fingerprint density at radius 3 is 2.83 bits per heavy atom. The normalized spacial score (nSPS) is 39.9. The summed E-state index contributed by atoms with van der Waals surface area (Å²) in [7, 11) is 3.84. The third-order valence-corrected chi connectivity index (χ3v) is 11.3. The largest absolute Gasteiger partial charge is 0.393 e. The molecule has 6 rings (SSSR count). The van der Waals surface area contributed by atoms with Crippen molar-refractivity contribution in [3.8, 4) is 0 Å². The molecule has 2 aromatic heterocycles. The average molecular weight is 498 g/mol. The molecule has 2 heterocycles. The zero-order valence-electron chi connectivity index (χ0n) is 20.9. The van der Waals surface area contributed by atoms with Crippen molar-refractivity contribution in [2.24, 2.45) is 42.7 Å². The van der Waals surface area contributed by atoms with Gasteiger partial charge in [-0.15, -0.1) is 10.2 Å². The van der Waals surface area contributed by atoms with Crippen molar-refractivity contribution in [1.82, 2.24) is 24.5 Å². The van der Waals surface area contributed by atoms with Gasteiger partial charge in [-0.3, -0.25) is 9.48 Å². The van der Waals surface area contributed by atoms with Gasteiger partial charge in [0.25, 0.3) is 0 Å². The summed E-state index contributed by atoms with van der Waals surface area (Å²) in [4.78, 5) is 13.5. The van der Waals surface area contributed by atoms with E-state index in [1.54, 1.807) is 10.9 Å². The molecular weight excluding hydrogens is 462 g/mol. The highest BCUT2D eigenvalue weighted by atomic mass is 32.2. The van der Waals surface area contributed by atoms with Crippen LogP contribution in [0.5, 0.6) is 0 Å². The molecule has 2 aromatic rings. The van der Waals surface area contributed by atoms with Gasteiger partial charge in [0.05, 0.1) is 23.7 Å². The Bertz CT molecular complexity index is 1220. The topological polar surface area (TPSA) is 106 Å². The fourth-order valence-corrected chi connectivity index (χ4v) is 9.29. The summed E-state index contributed by atoms with van der Waals surface area (Å²) < 4.78 is 3.73. The third-order valence-electron chi connectivity index (χ3n) is 10.2. The van der Waals surface area contributed by atoms with E-state index < -0.39 is 17.1 Å². The molecule has 3 saturated carbocycles. The van der Waals surface area contributed by atoms with Crippen molar-refractivity contribution < 1.29 is 15.0 Å². The van der Waals surface area contributed by atoms with Crippen LogP contribution in [-0.2, 0) is 25.3 Å². The smallest absolute Gasteiger partial charge is 0.191 e. The van der Waals surface area contributed by atoms with Gasteiger partial charge in [0.1, 0.15) is 11.9 Å². The maximum Gasteiger partial charge on any atom is 0.191 e. The number of carbonyl (C=O) groups excluding carboxylic acids is 1. The second-order valence-corrected chi connectivity index (χ2v) is 12.7. The van der Waals surface area contributed by atoms with Crippen molar-refractivity contribution in [3.63, 3.8) is 0 Å². The van der Waals surface area contributed by atoms with E-state index in [1.165, 1.54) is 28.6 Å². The first-order valence-corrected chi connectivity index (χ1v) is 13.7. The predicted octanol–water partition coefficient (Wildman–Crippen LogP) is 2.79. The van der Waals surface area contributed by atoms with E-state index in [0.29, 0.717) is 18.0 Å². The summed E-state index contributed by atoms with van der Waals surface area (Å²) in [5.41, 5.74) is 1.69. The third kappa shape index (κ3) is 3.13. The number of aryl methyl sites for hydroxylation is 2. The van der Waals surface area contributed by atoms with Gasteiger partial charge in [-0.25, -0.2) is 0 Å². The molecule has 0 bridgehead atoms. The van der Waals surface area contributed by atoms with Gasteiger partial charge in [0.2, 0.25) is 0 Å². The number of allylic oxidation sites excluding steroid dienone is 1. The standard InChI is InChI=1S/C26H35N5O3S/c1-24-10-15-12-28-31(4)19(15)9-16(24)5-6-17-18-7-8-26(34,25(18,2)11-20(32)22(17)24)21(33)13-35-23-29-27-14-30(23)3/h9,12,14,17-18,20,22,32,34H,5-8,10-11,13H2,1-4H3/t17?,18?,20?,22?,24?,25?,26-/m0/s1. The van der Waals surface area contributed by atoms with Crippen LogP contribution >= 0.6 is 11.8 Å². The van der Waals surface area contributed by atoms with E-state index in [9.17, 15) is 15.0 Å². The lowest BCUT2D eigenvalue weighted by molar-refractivity contribution is -0.177. The number of nitrogens with zero attached hydrogens (tertiary/aromatic N) is 5. The zero-order valence-corrected chi connectivity index (χ0v) is 21.8. The summed E-state index contributed by atoms with van der Waals surface area (Å²) in [6.45, 7) is 4.38. The van der Waals surface area contributed by atoms with E-state index in [4.69, 9.17) is 0 Å². The number of aliphatic hydroxyl groups excluding tert-OH is 1. The number of hydrogen-bond acceptors (Lipinski definition) is 7. The molecule has 4 aliphatic rings. The maximum atomic E-state index is 13.5. The second-order valence-electron chi connectivity index (χ2n) is 11.8. The Hall–Kier alpha value is -1.97. The molecule has 2 N–H and O–H groups in total.